The van der Waals surface area contributed by atoms with Crippen molar-refractivity contribution in [3.05, 3.63) is 10.7 Å². The lowest BCUT2D eigenvalue weighted by Gasteiger charge is -2.10. The summed E-state index contributed by atoms with van der Waals surface area (Å²) in [5.41, 5.74) is 2.38. The van der Waals surface area contributed by atoms with Crippen LogP contribution in [0.1, 0.15) is 13.8 Å². The van der Waals surface area contributed by atoms with Crippen molar-refractivity contribution in [2.75, 3.05) is 10.7 Å². The molecule has 1 heterocycles. The first-order valence-electron chi connectivity index (χ1n) is 3.89. The molecule has 0 aromatic carbocycles. The van der Waals surface area contributed by atoms with Crippen molar-refractivity contribution >= 4 is 27.7 Å². The first-order chi connectivity index (χ1) is 6.13. The van der Waals surface area contributed by atoms with Gasteiger partial charge in [-0.2, -0.15) is 4.98 Å². The molecule has 0 bridgehead atoms. The quantitative estimate of drug-likeness (QED) is 0.554. The van der Waals surface area contributed by atoms with Gasteiger partial charge in [-0.25, -0.2) is 10.8 Å². The first-order valence-corrected chi connectivity index (χ1v) is 4.68. The van der Waals surface area contributed by atoms with Gasteiger partial charge < -0.3 is 5.32 Å². The molecule has 0 aliphatic carbocycles. The number of halogens is 1. The van der Waals surface area contributed by atoms with Crippen molar-refractivity contribution in [3.8, 4) is 0 Å². The SMILES string of the molecule is CC(C)Nc1nc(NN)ncc1Br. The Bertz CT molecular complexity index is 288. The number of aromatic nitrogens is 2. The van der Waals surface area contributed by atoms with Crippen LogP contribution in [-0.4, -0.2) is 16.0 Å². The topological polar surface area (TPSA) is 75.9 Å². The minimum Gasteiger partial charge on any atom is -0.367 e. The molecule has 0 spiro atoms. The Balaban J connectivity index is 2.90. The van der Waals surface area contributed by atoms with E-state index in [0.29, 0.717) is 12.0 Å². The molecular formula is C7H12BrN5. The van der Waals surface area contributed by atoms with E-state index in [4.69, 9.17) is 5.84 Å². The average Bonchev–Trinajstić information content (AvgIpc) is 2.08. The summed E-state index contributed by atoms with van der Waals surface area (Å²) in [6.07, 6.45) is 1.65. The van der Waals surface area contributed by atoms with Crippen molar-refractivity contribution in [2.24, 2.45) is 5.84 Å². The number of hydrogen-bond donors (Lipinski definition) is 3. The maximum atomic E-state index is 5.18. The van der Waals surface area contributed by atoms with Crippen LogP contribution in [0.15, 0.2) is 10.7 Å². The Morgan fingerprint density at radius 2 is 2.23 bits per heavy atom. The molecule has 6 heteroatoms. The summed E-state index contributed by atoms with van der Waals surface area (Å²) in [5.74, 6) is 6.31. The van der Waals surface area contributed by atoms with E-state index >= 15 is 0 Å². The van der Waals surface area contributed by atoms with Gasteiger partial charge in [-0.15, -0.1) is 0 Å². The fourth-order valence-corrected chi connectivity index (χ4v) is 1.12. The normalized spacial score (nSPS) is 10.2. The third-order valence-corrected chi connectivity index (χ3v) is 1.88. The lowest BCUT2D eigenvalue weighted by molar-refractivity contribution is 0.884. The Morgan fingerprint density at radius 3 is 2.77 bits per heavy atom. The second-order valence-corrected chi connectivity index (χ2v) is 3.69. The third-order valence-electron chi connectivity index (χ3n) is 1.30. The minimum atomic E-state index is 0.317. The zero-order chi connectivity index (χ0) is 9.84. The maximum Gasteiger partial charge on any atom is 0.239 e. The third kappa shape index (κ3) is 2.82. The van der Waals surface area contributed by atoms with Gasteiger partial charge in [0.15, 0.2) is 0 Å². The molecule has 1 aromatic heterocycles. The van der Waals surface area contributed by atoms with E-state index in [1.54, 1.807) is 6.20 Å². The number of nitrogen functional groups attached to an aromatic ring is 1. The minimum absolute atomic E-state index is 0.317. The zero-order valence-corrected chi connectivity index (χ0v) is 9.09. The zero-order valence-electron chi connectivity index (χ0n) is 7.50. The van der Waals surface area contributed by atoms with E-state index in [0.717, 1.165) is 10.3 Å². The summed E-state index contributed by atoms with van der Waals surface area (Å²) in [5, 5.41) is 3.15. The molecule has 0 radical (unpaired) electrons. The predicted molar refractivity (Wildman–Crippen MR) is 56.3 cm³/mol. The second kappa shape index (κ2) is 4.38. The maximum absolute atomic E-state index is 5.18. The van der Waals surface area contributed by atoms with Crippen LogP contribution in [-0.2, 0) is 0 Å². The summed E-state index contributed by atoms with van der Waals surface area (Å²) in [6, 6.07) is 0.317. The van der Waals surface area contributed by atoms with Crippen molar-refractivity contribution in [1.82, 2.24) is 9.97 Å². The van der Waals surface area contributed by atoms with Crippen LogP contribution in [0.3, 0.4) is 0 Å². The highest BCUT2D eigenvalue weighted by atomic mass is 79.9. The van der Waals surface area contributed by atoms with Gasteiger partial charge in [0.1, 0.15) is 5.82 Å². The molecule has 5 nitrogen and oxygen atoms in total. The smallest absolute Gasteiger partial charge is 0.239 e. The van der Waals surface area contributed by atoms with Gasteiger partial charge in [0.2, 0.25) is 5.95 Å². The molecule has 0 fully saturated rings. The Kier molecular flexibility index (Phi) is 3.44. The van der Waals surface area contributed by atoms with Crippen molar-refractivity contribution in [1.29, 1.82) is 0 Å². The Morgan fingerprint density at radius 1 is 1.54 bits per heavy atom. The van der Waals surface area contributed by atoms with Crippen LogP contribution in [0.5, 0.6) is 0 Å². The molecule has 0 saturated heterocycles. The Labute approximate surface area is 85.2 Å². The fourth-order valence-electron chi connectivity index (χ4n) is 0.811. The highest BCUT2D eigenvalue weighted by molar-refractivity contribution is 9.10. The summed E-state index contributed by atoms with van der Waals surface area (Å²) in [7, 11) is 0. The van der Waals surface area contributed by atoms with E-state index in [9.17, 15) is 0 Å². The van der Waals surface area contributed by atoms with Crippen LogP contribution < -0.4 is 16.6 Å². The van der Waals surface area contributed by atoms with Gasteiger partial charge >= 0.3 is 0 Å². The highest BCUT2D eigenvalue weighted by Gasteiger charge is 2.04. The molecule has 0 unspecified atom stereocenters. The first kappa shape index (κ1) is 10.2. The van der Waals surface area contributed by atoms with Crippen LogP contribution in [0.25, 0.3) is 0 Å². The monoisotopic (exact) mass is 245 g/mol. The molecule has 4 N–H and O–H groups in total. The van der Waals surface area contributed by atoms with Gasteiger partial charge in [-0.3, -0.25) is 5.43 Å². The van der Waals surface area contributed by atoms with Crippen LogP contribution in [0, 0.1) is 0 Å². The van der Waals surface area contributed by atoms with Gasteiger partial charge in [0.25, 0.3) is 0 Å². The van der Waals surface area contributed by atoms with E-state index < -0.39 is 0 Å². The van der Waals surface area contributed by atoms with Crippen LogP contribution in [0.2, 0.25) is 0 Å². The number of nitrogens with one attached hydrogen (secondary N) is 2. The molecule has 0 aliphatic heterocycles. The van der Waals surface area contributed by atoms with Gasteiger partial charge in [0, 0.05) is 12.2 Å². The van der Waals surface area contributed by atoms with Gasteiger partial charge in [0.05, 0.1) is 4.47 Å². The van der Waals surface area contributed by atoms with Crippen molar-refractivity contribution in [3.63, 3.8) is 0 Å². The average molecular weight is 246 g/mol. The number of hydrogen-bond acceptors (Lipinski definition) is 5. The van der Waals surface area contributed by atoms with Crippen LogP contribution in [0.4, 0.5) is 11.8 Å². The molecule has 13 heavy (non-hydrogen) atoms. The van der Waals surface area contributed by atoms with Crippen molar-refractivity contribution < 1.29 is 0 Å². The standard InChI is InChI=1S/C7H12BrN5/c1-4(2)11-6-5(8)3-10-7(12-6)13-9/h3-4H,9H2,1-2H3,(H2,10,11,12,13). The van der Waals surface area contributed by atoms with Gasteiger partial charge in [-0.05, 0) is 29.8 Å². The largest absolute Gasteiger partial charge is 0.367 e. The molecule has 72 valence electrons. The molecule has 1 rings (SSSR count). The molecule has 0 saturated carbocycles. The number of nitrogens with two attached hydrogens (primary N) is 1. The highest BCUT2D eigenvalue weighted by Crippen LogP contribution is 2.20. The summed E-state index contributed by atoms with van der Waals surface area (Å²) in [6.45, 7) is 4.06. The van der Waals surface area contributed by atoms with E-state index in [1.807, 2.05) is 13.8 Å². The molecule has 0 atom stereocenters. The summed E-state index contributed by atoms with van der Waals surface area (Å²) >= 11 is 3.33. The molecular weight excluding hydrogens is 234 g/mol. The van der Waals surface area contributed by atoms with Crippen LogP contribution >= 0.6 is 15.9 Å². The van der Waals surface area contributed by atoms with Crippen molar-refractivity contribution in [2.45, 2.75) is 19.9 Å². The Hall–Kier alpha value is -0.880. The number of anilines is 2. The number of rotatable bonds is 3. The second-order valence-electron chi connectivity index (χ2n) is 2.83. The molecule has 0 amide bonds. The number of hydrazine groups is 1. The fraction of sp³-hybridized carbons (Fsp3) is 0.429. The summed E-state index contributed by atoms with van der Waals surface area (Å²) < 4.78 is 0.820. The summed E-state index contributed by atoms with van der Waals surface area (Å²) in [4.78, 5) is 8.06. The number of nitrogens with zero attached hydrogens (tertiary/aromatic N) is 2. The van der Waals surface area contributed by atoms with E-state index in [-0.39, 0.29) is 0 Å². The lowest BCUT2D eigenvalue weighted by Crippen LogP contribution is -2.15. The van der Waals surface area contributed by atoms with Gasteiger partial charge in [-0.1, -0.05) is 0 Å². The molecule has 0 aliphatic rings. The lowest BCUT2D eigenvalue weighted by atomic mass is 10.4. The van der Waals surface area contributed by atoms with E-state index in [1.165, 1.54) is 0 Å². The van der Waals surface area contributed by atoms with E-state index in [2.05, 4.69) is 36.6 Å². The predicted octanol–water partition coefficient (Wildman–Crippen LogP) is 1.34. The molecule has 1 aromatic rings.